The molecule has 1 atom stereocenters. The van der Waals surface area contributed by atoms with Crippen LogP contribution >= 0.6 is 27.3 Å². The van der Waals surface area contributed by atoms with Gasteiger partial charge >= 0.3 is 0 Å². The zero-order chi connectivity index (χ0) is 13.1. The molecule has 0 bridgehead atoms. The van der Waals surface area contributed by atoms with Crippen molar-refractivity contribution < 1.29 is 0 Å². The summed E-state index contributed by atoms with van der Waals surface area (Å²) in [7, 11) is 0. The van der Waals surface area contributed by atoms with Gasteiger partial charge in [0, 0.05) is 10.9 Å². The maximum atomic E-state index is 3.67. The SMILES string of the molecule is CCCNC(CC(C)(C)C)c1cc(C)c(Br)s1. The molecule has 0 aliphatic heterocycles. The van der Waals surface area contributed by atoms with Crippen LogP contribution in [0.2, 0.25) is 0 Å². The maximum Gasteiger partial charge on any atom is 0.0731 e. The zero-order valence-corrected chi connectivity index (χ0v) is 14.0. The first-order valence-electron chi connectivity index (χ1n) is 6.32. The van der Waals surface area contributed by atoms with Gasteiger partial charge in [-0.05, 0) is 59.3 Å². The molecule has 0 aromatic carbocycles. The molecule has 1 aromatic rings. The van der Waals surface area contributed by atoms with Crippen molar-refractivity contribution in [2.24, 2.45) is 5.41 Å². The quantitative estimate of drug-likeness (QED) is 0.777. The molecule has 1 rings (SSSR count). The molecular formula is C14H24BrNS. The Bertz CT molecular complexity index is 332. The standard InChI is InChI=1S/C14H24BrNS/c1-6-7-16-11(9-14(3,4)5)12-8-10(2)13(15)17-12/h8,11,16H,6-7,9H2,1-5H3. The number of nitrogens with one attached hydrogen (secondary N) is 1. The van der Waals surface area contributed by atoms with E-state index < -0.39 is 0 Å². The fourth-order valence-corrected chi connectivity index (χ4v) is 3.51. The van der Waals surface area contributed by atoms with E-state index in [1.165, 1.54) is 27.1 Å². The minimum atomic E-state index is 0.357. The number of rotatable bonds is 5. The third-order valence-electron chi connectivity index (χ3n) is 2.68. The summed E-state index contributed by atoms with van der Waals surface area (Å²) in [5, 5.41) is 3.67. The summed E-state index contributed by atoms with van der Waals surface area (Å²) in [4.78, 5) is 1.46. The average molecular weight is 318 g/mol. The van der Waals surface area contributed by atoms with Gasteiger partial charge in [0.2, 0.25) is 0 Å². The molecule has 0 fully saturated rings. The van der Waals surface area contributed by atoms with Crippen LogP contribution in [0.25, 0.3) is 0 Å². The monoisotopic (exact) mass is 317 g/mol. The first kappa shape index (κ1) is 15.2. The molecule has 17 heavy (non-hydrogen) atoms. The van der Waals surface area contributed by atoms with E-state index in [0.717, 1.165) is 6.54 Å². The fourth-order valence-electron chi connectivity index (χ4n) is 1.86. The minimum absolute atomic E-state index is 0.357. The van der Waals surface area contributed by atoms with Crippen LogP contribution in [-0.4, -0.2) is 6.54 Å². The average Bonchev–Trinajstić information content (AvgIpc) is 2.52. The van der Waals surface area contributed by atoms with E-state index in [1.807, 2.05) is 11.3 Å². The van der Waals surface area contributed by atoms with E-state index in [0.29, 0.717) is 11.5 Å². The smallest absolute Gasteiger partial charge is 0.0731 e. The van der Waals surface area contributed by atoms with E-state index in [4.69, 9.17) is 0 Å². The van der Waals surface area contributed by atoms with Gasteiger partial charge in [-0.1, -0.05) is 27.7 Å². The molecule has 98 valence electrons. The highest BCUT2D eigenvalue weighted by Gasteiger charge is 2.21. The summed E-state index contributed by atoms with van der Waals surface area (Å²) in [6.45, 7) is 12.4. The van der Waals surface area contributed by atoms with Gasteiger partial charge in [-0.25, -0.2) is 0 Å². The van der Waals surface area contributed by atoms with Gasteiger partial charge < -0.3 is 5.32 Å². The summed E-state index contributed by atoms with van der Waals surface area (Å²) in [6, 6.07) is 2.80. The van der Waals surface area contributed by atoms with Gasteiger partial charge in [-0.2, -0.15) is 0 Å². The van der Waals surface area contributed by atoms with Crippen LogP contribution in [0.5, 0.6) is 0 Å². The van der Waals surface area contributed by atoms with Crippen LogP contribution in [0.1, 0.15) is 57.0 Å². The maximum absolute atomic E-state index is 3.67. The lowest BCUT2D eigenvalue weighted by Gasteiger charge is -2.26. The van der Waals surface area contributed by atoms with Gasteiger partial charge in [0.05, 0.1) is 3.79 Å². The Hall–Kier alpha value is 0.140. The van der Waals surface area contributed by atoms with Gasteiger partial charge in [0.25, 0.3) is 0 Å². The number of halogens is 1. The molecule has 1 heterocycles. The zero-order valence-electron chi connectivity index (χ0n) is 11.6. The lowest BCUT2D eigenvalue weighted by molar-refractivity contribution is 0.314. The van der Waals surface area contributed by atoms with Crippen molar-refractivity contribution in [1.29, 1.82) is 0 Å². The Morgan fingerprint density at radius 1 is 1.41 bits per heavy atom. The highest BCUT2D eigenvalue weighted by Crippen LogP contribution is 2.36. The number of aryl methyl sites for hydroxylation is 1. The van der Waals surface area contributed by atoms with Crippen LogP contribution < -0.4 is 5.32 Å². The Balaban J connectivity index is 2.81. The van der Waals surface area contributed by atoms with E-state index in [1.54, 1.807) is 0 Å². The molecule has 0 saturated heterocycles. The van der Waals surface area contributed by atoms with Crippen molar-refractivity contribution in [3.63, 3.8) is 0 Å². The Labute approximate surface area is 118 Å². The van der Waals surface area contributed by atoms with Crippen LogP contribution in [0.15, 0.2) is 9.85 Å². The lowest BCUT2D eigenvalue weighted by atomic mass is 9.87. The number of hydrogen-bond acceptors (Lipinski definition) is 2. The third kappa shape index (κ3) is 5.11. The molecule has 1 nitrogen and oxygen atoms in total. The number of hydrogen-bond donors (Lipinski definition) is 1. The Morgan fingerprint density at radius 3 is 2.47 bits per heavy atom. The molecule has 1 N–H and O–H groups in total. The van der Waals surface area contributed by atoms with Gasteiger partial charge in [0.15, 0.2) is 0 Å². The second-order valence-corrected chi connectivity index (χ2v) is 8.28. The predicted octanol–water partition coefficient (Wildman–Crippen LogP) is 5.30. The van der Waals surface area contributed by atoms with Crippen LogP contribution in [0, 0.1) is 12.3 Å². The summed E-state index contributed by atoms with van der Waals surface area (Å²) in [5.41, 5.74) is 1.71. The second-order valence-electron chi connectivity index (χ2n) is 5.88. The van der Waals surface area contributed by atoms with Crippen LogP contribution in [0.3, 0.4) is 0 Å². The molecule has 0 amide bonds. The highest BCUT2D eigenvalue weighted by atomic mass is 79.9. The summed E-state index contributed by atoms with van der Waals surface area (Å²) in [6.07, 6.45) is 2.37. The summed E-state index contributed by atoms with van der Waals surface area (Å²) >= 11 is 5.49. The second kappa shape index (κ2) is 6.35. The molecule has 0 saturated carbocycles. The molecule has 0 spiro atoms. The summed E-state index contributed by atoms with van der Waals surface area (Å²) in [5.74, 6) is 0. The van der Waals surface area contributed by atoms with Gasteiger partial charge in [0.1, 0.15) is 0 Å². The largest absolute Gasteiger partial charge is 0.309 e. The minimum Gasteiger partial charge on any atom is -0.309 e. The first-order valence-corrected chi connectivity index (χ1v) is 7.93. The summed E-state index contributed by atoms with van der Waals surface area (Å²) < 4.78 is 1.27. The lowest BCUT2D eigenvalue weighted by Crippen LogP contribution is -2.25. The van der Waals surface area contributed by atoms with E-state index >= 15 is 0 Å². The molecule has 0 radical (unpaired) electrons. The topological polar surface area (TPSA) is 12.0 Å². The fraction of sp³-hybridized carbons (Fsp3) is 0.714. The molecule has 1 aromatic heterocycles. The third-order valence-corrected chi connectivity index (χ3v) is 4.93. The predicted molar refractivity (Wildman–Crippen MR) is 81.9 cm³/mol. The number of thiophene rings is 1. The van der Waals surface area contributed by atoms with Gasteiger partial charge in [-0.3, -0.25) is 0 Å². The van der Waals surface area contributed by atoms with Gasteiger partial charge in [-0.15, -0.1) is 11.3 Å². The van der Waals surface area contributed by atoms with Crippen molar-refractivity contribution in [2.75, 3.05) is 6.54 Å². The highest BCUT2D eigenvalue weighted by molar-refractivity contribution is 9.11. The molecule has 0 aliphatic carbocycles. The normalized spacial score (nSPS) is 14.0. The van der Waals surface area contributed by atoms with Crippen LogP contribution in [-0.2, 0) is 0 Å². The Kier molecular flexibility index (Phi) is 5.68. The molecular weight excluding hydrogens is 294 g/mol. The van der Waals surface area contributed by atoms with Crippen molar-refractivity contribution in [3.8, 4) is 0 Å². The Morgan fingerprint density at radius 2 is 2.06 bits per heavy atom. The van der Waals surface area contributed by atoms with E-state index in [-0.39, 0.29) is 0 Å². The van der Waals surface area contributed by atoms with Crippen molar-refractivity contribution in [3.05, 3.63) is 20.3 Å². The first-order chi connectivity index (χ1) is 7.83. The van der Waals surface area contributed by atoms with E-state index in [2.05, 4.69) is 61.9 Å². The molecule has 3 heteroatoms. The van der Waals surface area contributed by atoms with Crippen molar-refractivity contribution in [1.82, 2.24) is 5.32 Å². The van der Waals surface area contributed by atoms with E-state index in [9.17, 15) is 0 Å². The molecule has 1 unspecified atom stereocenters. The van der Waals surface area contributed by atoms with Crippen LogP contribution in [0.4, 0.5) is 0 Å². The molecule has 0 aliphatic rings. The van der Waals surface area contributed by atoms with Crippen molar-refractivity contribution in [2.45, 2.75) is 53.5 Å². The van der Waals surface area contributed by atoms with Crippen molar-refractivity contribution >= 4 is 27.3 Å².